The molecule has 0 atom stereocenters. The second-order valence-electron chi connectivity index (χ2n) is 7.42. The summed E-state index contributed by atoms with van der Waals surface area (Å²) < 4.78 is 13.0. The molecule has 1 aliphatic heterocycles. The van der Waals surface area contributed by atoms with E-state index in [-0.39, 0.29) is 5.56 Å². The van der Waals surface area contributed by atoms with Crippen molar-refractivity contribution in [3.05, 3.63) is 40.9 Å². The molecule has 3 heterocycles. The van der Waals surface area contributed by atoms with Crippen LogP contribution >= 0.6 is 0 Å². The number of ether oxygens (including phenoxy) is 2. The zero-order chi connectivity index (χ0) is 21.1. The molecule has 30 heavy (non-hydrogen) atoms. The van der Waals surface area contributed by atoms with E-state index in [1.807, 2.05) is 24.3 Å². The highest BCUT2D eigenvalue weighted by molar-refractivity contribution is 5.91. The summed E-state index contributed by atoms with van der Waals surface area (Å²) in [6, 6.07) is 7.57. The Balaban J connectivity index is 1.62. The third kappa shape index (κ3) is 3.95. The van der Waals surface area contributed by atoms with E-state index in [0.717, 1.165) is 25.2 Å². The number of hydrogen-bond acceptors (Lipinski definition) is 7. The SMILES string of the molecule is CNc1nc(-c2ccc(OCCN3CCCC3)c(OC)c2)cc2ncn(C)c(=O)c12. The highest BCUT2D eigenvalue weighted by Crippen LogP contribution is 2.33. The van der Waals surface area contributed by atoms with Gasteiger partial charge in [-0.15, -0.1) is 0 Å². The van der Waals surface area contributed by atoms with Crippen molar-refractivity contribution in [1.82, 2.24) is 19.4 Å². The summed E-state index contributed by atoms with van der Waals surface area (Å²) >= 11 is 0. The fourth-order valence-corrected chi connectivity index (χ4v) is 3.79. The van der Waals surface area contributed by atoms with Crippen LogP contribution in [0, 0.1) is 0 Å². The standard InChI is InChI=1S/C22H27N5O3/c1-23-21-20-17(24-14-26(2)22(20)28)13-16(25-21)15-6-7-18(19(12-15)29-3)30-11-10-27-8-4-5-9-27/h6-7,12-14H,4-5,8-11H2,1-3H3,(H,23,25). The fourth-order valence-electron chi connectivity index (χ4n) is 3.79. The molecule has 0 radical (unpaired) electrons. The minimum absolute atomic E-state index is 0.136. The van der Waals surface area contributed by atoms with E-state index in [1.165, 1.54) is 23.7 Å². The van der Waals surface area contributed by atoms with E-state index in [0.29, 0.717) is 40.5 Å². The van der Waals surface area contributed by atoms with E-state index in [9.17, 15) is 4.79 Å². The lowest BCUT2D eigenvalue weighted by Gasteiger charge is -2.17. The zero-order valence-corrected chi connectivity index (χ0v) is 17.6. The van der Waals surface area contributed by atoms with Gasteiger partial charge in [0.2, 0.25) is 0 Å². The van der Waals surface area contributed by atoms with Gasteiger partial charge in [0.15, 0.2) is 11.5 Å². The summed E-state index contributed by atoms with van der Waals surface area (Å²) in [6.07, 6.45) is 4.06. The largest absolute Gasteiger partial charge is 0.493 e. The number of aryl methyl sites for hydroxylation is 1. The lowest BCUT2D eigenvalue weighted by molar-refractivity contribution is 0.230. The van der Waals surface area contributed by atoms with Gasteiger partial charge in [0, 0.05) is 26.2 Å². The molecule has 0 spiro atoms. The van der Waals surface area contributed by atoms with Crippen LogP contribution in [-0.2, 0) is 7.05 Å². The van der Waals surface area contributed by atoms with Crippen molar-refractivity contribution in [2.45, 2.75) is 12.8 Å². The predicted octanol–water partition coefficient (Wildman–Crippen LogP) is 2.52. The number of anilines is 1. The molecule has 0 bridgehead atoms. The van der Waals surface area contributed by atoms with Crippen molar-refractivity contribution in [3.8, 4) is 22.8 Å². The van der Waals surface area contributed by atoms with Crippen LogP contribution in [0.3, 0.4) is 0 Å². The molecule has 1 fully saturated rings. The lowest BCUT2D eigenvalue weighted by atomic mass is 10.1. The van der Waals surface area contributed by atoms with Crippen LogP contribution in [0.15, 0.2) is 35.4 Å². The lowest BCUT2D eigenvalue weighted by Crippen LogP contribution is -2.25. The number of pyridine rings is 1. The normalized spacial score (nSPS) is 14.2. The smallest absolute Gasteiger partial charge is 0.264 e. The zero-order valence-electron chi connectivity index (χ0n) is 17.6. The number of rotatable bonds is 7. The van der Waals surface area contributed by atoms with Gasteiger partial charge in [0.25, 0.3) is 5.56 Å². The second-order valence-corrected chi connectivity index (χ2v) is 7.42. The number of nitrogens with zero attached hydrogens (tertiary/aromatic N) is 4. The van der Waals surface area contributed by atoms with Crippen molar-refractivity contribution in [2.24, 2.45) is 7.05 Å². The molecule has 0 amide bonds. The van der Waals surface area contributed by atoms with Gasteiger partial charge in [-0.3, -0.25) is 9.69 Å². The van der Waals surface area contributed by atoms with E-state index >= 15 is 0 Å². The first-order valence-corrected chi connectivity index (χ1v) is 10.2. The summed E-state index contributed by atoms with van der Waals surface area (Å²) in [5.41, 5.74) is 2.02. The molecule has 3 aromatic rings. The van der Waals surface area contributed by atoms with Crippen molar-refractivity contribution in [1.29, 1.82) is 0 Å². The molecule has 0 saturated carbocycles. The Morgan fingerprint density at radius 2 is 1.97 bits per heavy atom. The number of likely N-dealkylation sites (tertiary alicyclic amines) is 1. The number of aromatic nitrogens is 3. The number of fused-ring (bicyclic) bond motifs is 1. The van der Waals surface area contributed by atoms with Crippen LogP contribution in [0.1, 0.15) is 12.8 Å². The Morgan fingerprint density at radius 1 is 1.17 bits per heavy atom. The molecular formula is C22H27N5O3. The Morgan fingerprint density at radius 3 is 2.70 bits per heavy atom. The van der Waals surface area contributed by atoms with Gasteiger partial charge in [0.1, 0.15) is 17.8 Å². The molecule has 1 aliphatic rings. The van der Waals surface area contributed by atoms with Crippen LogP contribution in [0.5, 0.6) is 11.5 Å². The average molecular weight is 409 g/mol. The summed E-state index contributed by atoms with van der Waals surface area (Å²) in [5, 5.41) is 3.49. The molecule has 2 aromatic heterocycles. The van der Waals surface area contributed by atoms with Gasteiger partial charge in [-0.25, -0.2) is 9.97 Å². The number of hydrogen-bond donors (Lipinski definition) is 1. The Bertz CT molecular complexity index is 1110. The third-order valence-electron chi connectivity index (χ3n) is 5.46. The maximum atomic E-state index is 12.5. The molecule has 1 aromatic carbocycles. The molecule has 158 valence electrons. The van der Waals surface area contributed by atoms with Crippen molar-refractivity contribution in [3.63, 3.8) is 0 Å². The van der Waals surface area contributed by atoms with E-state index < -0.39 is 0 Å². The van der Waals surface area contributed by atoms with Crippen LogP contribution in [0.2, 0.25) is 0 Å². The first kappa shape index (κ1) is 20.2. The molecule has 8 heteroatoms. The maximum Gasteiger partial charge on any atom is 0.264 e. The molecule has 0 aliphatic carbocycles. The van der Waals surface area contributed by atoms with Gasteiger partial charge < -0.3 is 19.4 Å². The number of nitrogens with one attached hydrogen (secondary N) is 1. The van der Waals surface area contributed by atoms with Crippen LogP contribution < -0.4 is 20.3 Å². The summed E-state index contributed by atoms with van der Waals surface area (Å²) in [5.74, 6) is 1.86. The van der Waals surface area contributed by atoms with Gasteiger partial charge >= 0.3 is 0 Å². The van der Waals surface area contributed by atoms with Gasteiger partial charge in [-0.2, -0.15) is 0 Å². The molecule has 8 nitrogen and oxygen atoms in total. The molecule has 0 unspecified atom stereocenters. The van der Waals surface area contributed by atoms with Crippen molar-refractivity contribution < 1.29 is 9.47 Å². The average Bonchev–Trinajstić information content (AvgIpc) is 3.29. The van der Waals surface area contributed by atoms with E-state index in [4.69, 9.17) is 9.47 Å². The minimum Gasteiger partial charge on any atom is -0.493 e. The summed E-state index contributed by atoms with van der Waals surface area (Å²) in [7, 11) is 5.05. The highest BCUT2D eigenvalue weighted by atomic mass is 16.5. The van der Waals surface area contributed by atoms with Crippen molar-refractivity contribution >= 4 is 16.7 Å². The van der Waals surface area contributed by atoms with E-state index in [2.05, 4.69) is 20.2 Å². The fraction of sp³-hybridized carbons (Fsp3) is 0.409. The van der Waals surface area contributed by atoms with Gasteiger partial charge in [-0.1, -0.05) is 0 Å². The number of benzene rings is 1. The summed E-state index contributed by atoms with van der Waals surface area (Å²) in [4.78, 5) is 24.0. The first-order chi connectivity index (χ1) is 14.6. The van der Waals surface area contributed by atoms with Gasteiger partial charge in [-0.05, 0) is 50.2 Å². The summed E-state index contributed by atoms with van der Waals surface area (Å²) in [6.45, 7) is 3.85. The Labute approximate surface area is 175 Å². The van der Waals surface area contributed by atoms with Gasteiger partial charge in [0.05, 0.1) is 24.6 Å². The second kappa shape index (κ2) is 8.71. The molecule has 1 N–H and O–H groups in total. The Kier molecular flexibility index (Phi) is 5.85. The highest BCUT2D eigenvalue weighted by Gasteiger charge is 2.15. The van der Waals surface area contributed by atoms with Crippen LogP contribution in [0.25, 0.3) is 22.2 Å². The van der Waals surface area contributed by atoms with Crippen LogP contribution in [0.4, 0.5) is 5.82 Å². The van der Waals surface area contributed by atoms with Crippen LogP contribution in [-0.4, -0.2) is 59.8 Å². The molecular weight excluding hydrogens is 382 g/mol. The number of methoxy groups -OCH3 is 1. The van der Waals surface area contributed by atoms with Crippen molar-refractivity contribution in [2.75, 3.05) is 45.7 Å². The topological polar surface area (TPSA) is 81.5 Å². The molecule has 1 saturated heterocycles. The quantitative estimate of drug-likeness (QED) is 0.642. The Hall–Kier alpha value is -3.13. The minimum atomic E-state index is -0.136. The van der Waals surface area contributed by atoms with E-state index in [1.54, 1.807) is 21.2 Å². The third-order valence-corrected chi connectivity index (χ3v) is 5.46. The first-order valence-electron chi connectivity index (χ1n) is 10.2. The predicted molar refractivity (Wildman–Crippen MR) is 117 cm³/mol. The maximum absolute atomic E-state index is 12.5. The molecule has 4 rings (SSSR count). The monoisotopic (exact) mass is 409 g/mol.